The number of rotatable bonds is 7. The van der Waals surface area contributed by atoms with Crippen molar-refractivity contribution in [2.45, 2.75) is 45.4 Å². The van der Waals surface area contributed by atoms with Crippen LogP contribution in [0.3, 0.4) is 0 Å². The number of amides is 2. The van der Waals surface area contributed by atoms with Crippen LogP contribution in [-0.2, 0) is 9.53 Å². The molecule has 1 aromatic carbocycles. The Bertz CT molecular complexity index is 642. The molecule has 6 nitrogen and oxygen atoms in total. The Kier molecular flexibility index (Phi) is 7.93. The number of alkyl halides is 3. The maximum absolute atomic E-state index is 12.3. The van der Waals surface area contributed by atoms with Gasteiger partial charge in [0.15, 0.2) is 6.61 Å². The van der Waals surface area contributed by atoms with Crippen LogP contribution >= 0.6 is 0 Å². The quantitative estimate of drug-likeness (QED) is 0.757. The average molecular weight is 390 g/mol. The van der Waals surface area contributed by atoms with Crippen LogP contribution in [0.5, 0.6) is 5.75 Å². The summed E-state index contributed by atoms with van der Waals surface area (Å²) in [7, 11) is 1.56. The molecule has 0 unspecified atom stereocenters. The zero-order valence-electron chi connectivity index (χ0n) is 15.9. The Morgan fingerprint density at radius 1 is 1.15 bits per heavy atom. The van der Waals surface area contributed by atoms with Gasteiger partial charge >= 0.3 is 12.3 Å². The monoisotopic (exact) mass is 390 g/mol. The van der Waals surface area contributed by atoms with Gasteiger partial charge in [-0.15, -0.1) is 0 Å². The van der Waals surface area contributed by atoms with E-state index in [0.717, 1.165) is 0 Å². The highest BCUT2D eigenvalue weighted by Gasteiger charge is 2.29. The van der Waals surface area contributed by atoms with Crippen LogP contribution in [0.4, 0.5) is 23.7 Å². The van der Waals surface area contributed by atoms with Crippen molar-refractivity contribution >= 4 is 17.7 Å². The Hall–Kier alpha value is -2.45. The second-order valence-corrected chi connectivity index (χ2v) is 6.95. The molecule has 0 aliphatic heterocycles. The average Bonchev–Trinajstić information content (AvgIpc) is 2.51. The normalized spacial score (nSPS) is 11.7. The molecular weight excluding hydrogens is 365 g/mol. The van der Waals surface area contributed by atoms with Crippen molar-refractivity contribution in [3.63, 3.8) is 0 Å². The van der Waals surface area contributed by atoms with Crippen molar-refractivity contribution < 1.29 is 32.2 Å². The van der Waals surface area contributed by atoms with E-state index in [-0.39, 0.29) is 17.9 Å². The van der Waals surface area contributed by atoms with Crippen LogP contribution in [0.2, 0.25) is 0 Å². The molecule has 0 aromatic heterocycles. The van der Waals surface area contributed by atoms with Crippen LogP contribution in [0, 0.1) is 0 Å². The van der Waals surface area contributed by atoms with Crippen molar-refractivity contribution in [1.82, 2.24) is 4.90 Å². The van der Waals surface area contributed by atoms with Crippen LogP contribution < -0.4 is 10.1 Å². The summed E-state index contributed by atoms with van der Waals surface area (Å²) < 4.78 is 46.8. The number of nitrogens with one attached hydrogen (secondary N) is 1. The summed E-state index contributed by atoms with van der Waals surface area (Å²) in [4.78, 5) is 25.2. The van der Waals surface area contributed by atoms with E-state index in [4.69, 9.17) is 9.47 Å². The molecule has 0 atom stereocenters. The maximum atomic E-state index is 12.3. The van der Waals surface area contributed by atoms with E-state index in [9.17, 15) is 22.8 Å². The highest BCUT2D eigenvalue weighted by molar-refractivity contribution is 5.92. The molecule has 0 aliphatic rings. The maximum Gasteiger partial charge on any atom is 0.422 e. The number of benzene rings is 1. The lowest BCUT2D eigenvalue weighted by Gasteiger charge is -2.24. The molecule has 0 bridgehead atoms. The minimum atomic E-state index is -4.47. The summed E-state index contributed by atoms with van der Waals surface area (Å²) in [6.45, 7) is 4.12. The predicted octanol–water partition coefficient (Wildman–Crippen LogP) is 4.21. The van der Waals surface area contributed by atoms with E-state index >= 15 is 0 Å². The fourth-order valence-corrected chi connectivity index (χ4v) is 1.98. The van der Waals surface area contributed by atoms with E-state index < -0.39 is 30.4 Å². The van der Waals surface area contributed by atoms with E-state index in [0.29, 0.717) is 13.0 Å². The lowest BCUT2D eigenvalue weighted by Crippen LogP contribution is -2.35. The summed E-state index contributed by atoms with van der Waals surface area (Å²) in [5, 5.41) is 2.52. The summed E-state index contributed by atoms with van der Waals surface area (Å²) in [5.74, 6) is -0.454. The van der Waals surface area contributed by atoms with Crippen LogP contribution in [0.15, 0.2) is 24.3 Å². The lowest BCUT2D eigenvalue weighted by atomic mass is 10.2. The fourth-order valence-electron chi connectivity index (χ4n) is 1.98. The van der Waals surface area contributed by atoms with Crippen LogP contribution in [0.25, 0.3) is 0 Å². The van der Waals surface area contributed by atoms with Gasteiger partial charge < -0.3 is 19.7 Å². The summed E-state index contributed by atoms with van der Waals surface area (Å²) in [6, 6.07) is 5.89. The summed E-state index contributed by atoms with van der Waals surface area (Å²) in [5.41, 5.74) is -0.449. The standard InChI is InChI=1S/C18H25F3N2O4/c1-17(2,3)27-16(25)23(4)11-7-10-15(24)22-13-8-5-6-9-14(13)26-12-18(19,20)21/h5-6,8-9H,7,10-12H2,1-4H3,(H,22,24). The summed E-state index contributed by atoms with van der Waals surface area (Å²) in [6.07, 6.45) is -4.51. The highest BCUT2D eigenvalue weighted by atomic mass is 19.4. The molecule has 2 amide bonds. The number of nitrogens with zero attached hydrogens (tertiary/aromatic N) is 1. The minimum absolute atomic E-state index is 0.0611. The third-order valence-electron chi connectivity index (χ3n) is 3.16. The van der Waals surface area contributed by atoms with E-state index in [1.54, 1.807) is 33.9 Å². The molecule has 0 spiro atoms. The Morgan fingerprint density at radius 3 is 2.37 bits per heavy atom. The molecule has 0 fully saturated rings. The van der Waals surface area contributed by atoms with Gasteiger partial charge in [0.2, 0.25) is 5.91 Å². The van der Waals surface area contributed by atoms with Gasteiger partial charge in [-0.05, 0) is 39.3 Å². The number of hydrogen-bond acceptors (Lipinski definition) is 4. The lowest BCUT2D eigenvalue weighted by molar-refractivity contribution is -0.153. The molecule has 9 heteroatoms. The molecule has 1 aromatic rings. The molecular formula is C18H25F3N2O4. The zero-order chi connectivity index (χ0) is 20.7. The largest absolute Gasteiger partial charge is 0.482 e. The van der Waals surface area contributed by atoms with Crippen LogP contribution in [0.1, 0.15) is 33.6 Å². The first-order valence-electron chi connectivity index (χ1n) is 8.40. The highest BCUT2D eigenvalue weighted by Crippen LogP contribution is 2.26. The SMILES string of the molecule is CN(CCCC(=O)Nc1ccccc1OCC(F)(F)F)C(=O)OC(C)(C)C. The van der Waals surface area contributed by atoms with Gasteiger partial charge in [-0.2, -0.15) is 13.2 Å². The van der Waals surface area contributed by atoms with Gasteiger partial charge in [-0.1, -0.05) is 12.1 Å². The second-order valence-electron chi connectivity index (χ2n) is 6.95. The third kappa shape index (κ3) is 9.72. The summed E-state index contributed by atoms with van der Waals surface area (Å²) >= 11 is 0. The van der Waals surface area contributed by atoms with Gasteiger partial charge in [0.1, 0.15) is 11.4 Å². The fraction of sp³-hybridized carbons (Fsp3) is 0.556. The molecule has 0 saturated carbocycles. The molecule has 0 saturated heterocycles. The molecule has 0 heterocycles. The number of anilines is 1. The Labute approximate surface area is 156 Å². The van der Waals surface area contributed by atoms with Crippen molar-refractivity contribution in [2.24, 2.45) is 0 Å². The molecule has 152 valence electrons. The Balaban J connectivity index is 2.48. The molecule has 1 rings (SSSR count). The number of para-hydroxylation sites is 2. The number of carbonyl (C=O) groups excluding carboxylic acids is 2. The van der Waals surface area contributed by atoms with Gasteiger partial charge in [0.25, 0.3) is 0 Å². The first-order chi connectivity index (χ1) is 12.4. The number of ether oxygens (including phenoxy) is 2. The first-order valence-corrected chi connectivity index (χ1v) is 8.40. The predicted molar refractivity (Wildman–Crippen MR) is 94.7 cm³/mol. The smallest absolute Gasteiger partial charge is 0.422 e. The van der Waals surface area contributed by atoms with Gasteiger partial charge in [0.05, 0.1) is 5.69 Å². The van der Waals surface area contributed by atoms with Crippen LogP contribution in [-0.4, -0.2) is 48.9 Å². The zero-order valence-corrected chi connectivity index (χ0v) is 15.9. The van der Waals surface area contributed by atoms with Gasteiger partial charge in [-0.3, -0.25) is 4.79 Å². The number of hydrogen-bond donors (Lipinski definition) is 1. The van der Waals surface area contributed by atoms with E-state index in [1.807, 2.05) is 0 Å². The molecule has 0 radical (unpaired) electrons. The van der Waals surface area contributed by atoms with E-state index in [2.05, 4.69) is 5.32 Å². The third-order valence-corrected chi connectivity index (χ3v) is 3.16. The second kappa shape index (κ2) is 9.48. The Morgan fingerprint density at radius 2 is 1.78 bits per heavy atom. The van der Waals surface area contributed by atoms with Crippen molar-refractivity contribution in [2.75, 3.05) is 25.5 Å². The molecule has 1 N–H and O–H groups in total. The van der Waals surface area contributed by atoms with Crippen molar-refractivity contribution in [1.29, 1.82) is 0 Å². The van der Waals surface area contributed by atoms with Gasteiger partial charge in [-0.25, -0.2) is 4.79 Å². The number of carbonyl (C=O) groups is 2. The van der Waals surface area contributed by atoms with Crippen molar-refractivity contribution in [3.05, 3.63) is 24.3 Å². The molecule has 0 aliphatic carbocycles. The van der Waals surface area contributed by atoms with E-state index in [1.165, 1.54) is 23.1 Å². The number of halogens is 3. The first kappa shape index (κ1) is 22.6. The minimum Gasteiger partial charge on any atom is -0.482 e. The van der Waals surface area contributed by atoms with Crippen molar-refractivity contribution in [3.8, 4) is 5.75 Å². The molecule has 27 heavy (non-hydrogen) atoms. The van der Waals surface area contributed by atoms with Gasteiger partial charge in [0, 0.05) is 20.0 Å². The topological polar surface area (TPSA) is 67.9 Å².